The molecular weight excluding hydrogens is 470 g/mol. The number of rotatable bonds is 7. The topological polar surface area (TPSA) is 92.1 Å². The van der Waals surface area contributed by atoms with Crippen molar-refractivity contribution in [2.75, 3.05) is 34.3 Å². The predicted octanol–water partition coefficient (Wildman–Crippen LogP) is 3.69. The van der Waals surface area contributed by atoms with Crippen LogP contribution in [0.4, 0.5) is 0 Å². The Kier molecular flexibility index (Phi) is 8.36. The first-order valence-corrected chi connectivity index (χ1v) is 14.1. The van der Waals surface area contributed by atoms with Gasteiger partial charge in [-0.05, 0) is 31.6 Å². The van der Waals surface area contributed by atoms with Crippen molar-refractivity contribution in [3.63, 3.8) is 0 Å². The van der Waals surface area contributed by atoms with Gasteiger partial charge in [0, 0.05) is 50.8 Å². The summed E-state index contributed by atoms with van der Waals surface area (Å²) in [7, 11) is 4.75. The molecule has 1 spiro atoms. The molecule has 1 aromatic heterocycles. The summed E-state index contributed by atoms with van der Waals surface area (Å²) in [5.41, 5.74) is -1.60. The van der Waals surface area contributed by atoms with E-state index in [1.165, 1.54) is 60.9 Å². The minimum atomic E-state index is -1.14. The van der Waals surface area contributed by atoms with E-state index in [0.29, 0.717) is 31.0 Å². The molecule has 2 saturated carbocycles. The van der Waals surface area contributed by atoms with Gasteiger partial charge in [-0.3, -0.25) is 14.4 Å². The zero-order chi connectivity index (χ0) is 26.8. The van der Waals surface area contributed by atoms with Crippen LogP contribution in [0.15, 0.2) is 17.1 Å². The van der Waals surface area contributed by atoms with Crippen LogP contribution in [0, 0.1) is 17.3 Å². The molecule has 8 nitrogen and oxygen atoms in total. The molecule has 2 aliphatic carbocycles. The third-order valence-corrected chi connectivity index (χ3v) is 9.36. The standard InChI is InChI=1S/C29H45N3O5/c1-21(16-22-10-6-5-7-11-22)26(34)31-15-14-29(36,28(19-31)12-8-9-13-28)20-32-18-23(27(35)30(2)3)24(37-4)17-25(32)33/h17-18,21-22,36H,5-16,19-20H2,1-4H3. The summed E-state index contributed by atoms with van der Waals surface area (Å²) in [5.74, 6) is 0.822. The number of hydrogen-bond acceptors (Lipinski definition) is 5. The first-order chi connectivity index (χ1) is 17.6. The number of likely N-dealkylation sites (tertiary alicyclic amines) is 1. The van der Waals surface area contributed by atoms with Gasteiger partial charge in [0.15, 0.2) is 0 Å². The van der Waals surface area contributed by atoms with Gasteiger partial charge in [0.1, 0.15) is 5.75 Å². The summed E-state index contributed by atoms with van der Waals surface area (Å²) >= 11 is 0. The van der Waals surface area contributed by atoms with Gasteiger partial charge in [-0.15, -0.1) is 0 Å². The van der Waals surface area contributed by atoms with Crippen LogP contribution in [0.5, 0.6) is 5.75 Å². The van der Waals surface area contributed by atoms with Crippen LogP contribution in [-0.4, -0.2) is 71.2 Å². The number of pyridine rings is 1. The number of carbonyl (C=O) groups excluding carboxylic acids is 2. The molecule has 0 radical (unpaired) electrons. The minimum Gasteiger partial charge on any atom is -0.496 e. The van der Waals surface area contributed by atoms with Crippen LogP contribution < -0.4 is 10.3 Å². The molecular formula is C29H45N3O5. The fourth-order valence-electron chi connectivity index (χ4n) is 7.15. The number of nitrogens with zero attached hydrogens (tertiary/aromatic N) is 3. The molecule has 2 atom stereocenters. The number of carbonyl (C=O) groups is 2. The molecule has 0 bridgehead atoms. The SMILES string of the molecule is COc1cc(=O)n(CC2(O)CCN(C(=O)C(C)CC3CCCCC3)CC23CCCC3)cc1C(=O)N(C)C. The zero-order valence-electron chi connectivity index (χ0n) is 23.1. The van der Waals surface area contributed by atoms with E-state index in [1.54, 1.807) is 14.1 Å². The molecule has 1 saturated heterocycles. The number of aromatic nitrogens is 1. The lowest BCUT2D eigenvalue weighted by atomic mass is 9.65. The lowest BCUT2D eigenvalue weighted by Gasteiger charge is -2.53. The summed E-state index contributed by atoms with van der Waals surface area (Å²) < 4.78 is 6.77. The zero-order valence-corrected chi connectivity index (χ0v) is 23.1. The molecule has 3 aliphatic rings. The lowest BCUT2D eigenvalue weighted by molar-refractivity contribution is -0.163. The summed E-state index contributed by atoms with van der Waals surface area (Å²) in [4.78, 5) is 42.7. The van der Waals surface area contributed by atoms with Gasteiger partial charge in [-0.1, -0.05) is 51.9 Å². The Bertz CT molecular complexity index is 1040. The molecule has 1 aromatic rings. The molecule has 1 aliphatic heterocycles. The van der Waals surface area contributed by atoms with Crippen LogP contribution in [0.2, 0.25) is 0 Å². The van der Waals surface area contributed by atoms with Gasteiger partial charge in [0.05, 0.1) is 24.8 Å². The molecule has 3 fully saturated rings. The van der Waals surface area contributed by atoms with E-state index in [0.717, 1.165) is 32.1 Å². The van der Waals surface area contributed by atoms with Gasteiger partial charge in [-0.2, -0.15) is 0 Å². The molecule has 2 unspecified atom stereocenters. The van der Waals surface area contributed by atoms with Crippen molar-refractivity contribution in [1.82, 2.24) is 14.4 Å². The molecule has 4 rings (SSSR count). The number of ether oxygens (including phenoxy) is 1. The van der Waals surface area contributed by atoms with Crippen molar-refractivity contribution in [2.45, 2.75) is 89.7 Å². The first-order valence-electron chi connectivity index (χ1n) is 14.1. The number of amides is 2. The average molecular weight is 516 g/mol. The maximum Gasteiger partial charge on any atom is 0.258 e. The quantitative estimate of drug-likeness (QED) is 0.598. The highest BCUT2D eigenvalue weighted by Gasteiger charge is 2.55. The molecule has 206 valence electrons. The summed E-state index contributed by atoms with van der Waals surface area (Å²) in [6.07, 6.45) is 12.9. The van der Waals surface area contributed by atoms with E-state index in [-0.39, 0.29) is 35.6 Å². The smallest absolute Gasteiger partial charge is 0.258 e. The lowest BCUT2D eigenvalue weighted by Crippen LogP contribution is -2.62. The summed E-state index contributed by atoms with van der Waals surface area (Å²) in [6, 6.07) is 1.33. The molecule has 2 amide bonds. The summed E-state index contributed by atoms with van der Waals surface area (Å²) in [5, 5.41) is 12.1. The fraction of sp³-hybridized carbons (Fsp3) is 0.759. The van der Waals surface area contributed by atoms with E-state index in [9.17, 15) is 19.5 Å². The van der Waals surface area contributed by atoms with Gasteiger partial charge in [0.2, 0.25) is 5.91 Å². The maximum absolute atomic E-state index is 13.5. The fourth-order valence-corrected chi connectivity index (χ4v) is 7.15. The van der Waals surface area contributed by atoms with E-state index >= 15 is 0 Å². The summed E-state index contributed by atoms with van der Waals surface area (Å²) in [6.45, 7) is 3.19. The highest BCUT2D eigenvalue weighted by atomic mass is 16.5. The monoisotopic (exact) mass is 515 g/mol. The minimum absolute atomic E-state index is 0.00319. The second-order valence-electron chi connectivity index (χ2n) is 12.1. The van der Waals surface area contributed by atoms with Crippen LogP contribution >= 0.6 is 0 Å². The van der Waals surface area contributed by atoms with Crippen LogP contribution in [0.1, 0.15) is 87.9 Å². The Balaban J connectivity index is 1.55. The average Bonchev–Trinajstić information content (AvgIpc) is 3.36. The van der Waals surface area contributed by atoms with Crippen LogP contribution in [0.3, 0.4) is 0 Å². The Morgan fingerprint density at radius 3 is 2.43 bits per heavy atom. The highest BCUT2D eigenvalue weighted by Crippen LogP contribution is 2.52. The number of methoxy groups -OCH3 is 1. The largest absolute Gasteiger partial charge is 0.496 e. The van der Waals surface area contributed by atoms with Crippen molar-refractivity contribution in [1.29, 1.82) is 0 Å². The number of piperidine rings is 1. The van der Waals surface area contributed by atoms with E-state index < -0.39 is 11.0 Å². The number of hydrogen-bond donors (Lipinski definition) is 1. The van der Waals surface area contributed by atoms with Crippen molar-refractivity contribution >= 4 is 11.8 Å². The first kappa shape index (κ1) is 27.7. The number of aliphatic hydroxyl groups is 1. The van der Waals surface area contributed by atoms with Crippen molar-refractivity contribution in [3.05, 3.63) is 28.2 Å². The highest BCUT2D eigenvalue weighted by molar-refractivity contribution is 5.96. The van der Waals surface area contributed by atoms with Crippen molar-refractivity contribution < 1.29 is 19.4 Å². The Morgan fingerprint density at radius 1 is 1.14 bits per heavy atom. The third-order valence-electron chi connectivity index (χ3n) is 9.36. The predicted molar refractivity (Wildman–Crippen MR) is 143 cm³/mol. The Labute approximate surface area is 221 Å². The molecule has 2 heterocycles. The van der Waals surface area contributed by atoms with E-state index in [4.69, 9.17) is 4.74 Å². The van der Waals surface area contributed by atoms with Crippen molar-refractivity contribution in [2.24, 2.45) is 17.3 Å². The molecule has 8 heteroatoms. The van der Waals surface area contributed by atoms with Crippen molar-refractivity contribution in [3.8, 4) is 5.75 Å². The van der Waals surface area contributed by atoms with Crippen LogP contribution in [0.25, 0.3) is 0 Å². The second kappa shape index (κ2) is 11.2. The Morgan fingerprint density at radius 2 is 1.81 bits per heavy atom. The van der Waals surface area contributed by atoms with E-state index in [1.807, 2.05) is 4.90 Å². The van der Waals surface area contributed by atoms with Gasteiger partial charge in [0.25, 0.3) is 11.5 Å². The van der Waals surface area contributed by atoms with Gasteiger partial charge < -0.3 is 24.2 Å². The Hall–Kier alpha value is -2.35. The molecule has 0 aromatic carbocycles. The molecule has 1 N–H and O–H groups in total. The molecule has 37 heavy (non-hydrogen) atoms. The van der Waals surface area contributed by atoms with Crippen LogP contribution in [-0.2, 0) is 11.3 Å². The van der Waals surface area contributed by atoms with Gasteiger partial charge in [-0.25, -0.2) is 0 Å². The normalized spacial score (nSPS) is 24.7. The maximum atomic E-state index is 13.5. The van der Waals surface area contributed by atoms with Gasteiger partial charge >= 0.3 is 0 Å². The third kappa shape index (κ3) is 5.59. The second-order valence-corrected chi connectivity index (χ2v) is 12.1. The van der Waals surface area contributed by atoms with E-state index in [2.05, 4.69) is 6.92 Å².